The number of hydrogen-bond donors (Lipinski definition) is 0. The minimum absolute atomic E-state index is 0.00152. The van der Waals surface area contributed by atoms with Crippen LogP contribution in [0.4, 0.5) is 0 Å². The SMILES string of the molecule is C[C@@H](c1ccccc1Cl)N(C(=O)c1ccc([S@](C)=O)cc1)C1CC1. The second-order valence-electron chi connectivity index (χ2n) is 6.12. The van der Waals surface area contributed by atoms with Gasteiger partial charge in [-0.25, -0.2) is 0 Å². The fraction of sp³-hybridized carbons (Fsp3) is 0.316. The molecular weight excluding hydrogens is 342 g/mol. The summed E-state index contributed by atoms with van der Waals surface area (Å²) < 4.78 is 11.5. The number of rotatable bonds is 5. The van der Waals surface area contributed by atoms with Crippen LogP contribution in [0, 0.1) is 0 Å². The van der Waals surface area contributed by atoms with E-state index in [0.717, 1.165) is 23.3 Å². The lowest BCUT2D eigenvalue weighted by Gasteiger charge is -2.30. The standard InChI is InChI=1S/C19H20ClNO2S/c1-13(17-5-3-4-6-18(17)20)21(15-9-10-15)19(22)14-7-11-16(12-8-14)24(2)23/h3-8,11-13,15H,9-10H2,1-2H3/t13-,24-/m0/s1. The molecule has 24 heavy (non-hydrogen) atoms. The second kappa shape index (κ2) is 7.08. The molecule has 0 aromatic heterocycles. The maximum atomic E-state index is 13.0. The molecule has 3 nitrogen and oxygen atoms in total. The number of halogens is 1. The molecular formula is C19H20ClNO2S. The number of carbonyl (C=O) groups is 1. The van der Waals surface area contributed by atoms with Crippen LogP contribution < -0.4 is 0 Å². The predicted octanol–water partition coefficient (Wildman–Crippen LogP) is 4.44. The molecule has 1 amide bonds. The van der Waals surface area contributed by atoms with Crippen molar-refractivity contribution in [1.82, 2.24) is 4.90 Å². The van der Waals surface area contributed by atoms with Crippen LogP contribution in [0.1, 0.15) is 41.7 Å². The minimum atomic E-state index is -1.04. The Labute approximate surface area is 150 Å². The van der Waals surface area contributed by atoms with E-state index in [2.05, 4.69) is 0 Å². The highest BCUT2D eigenvalue weighted by Crippen LogP contribution is 2.37. The van der Waals surface area contributed by atoms with Gasteiger partial charge in [0.1, 0.15) is 0 Å². The van der Waals surface area contributed by atoms with E-state index < -0.39 is 10.8 Å². The van der Waals surface area contributed by atoms with Crippen molar-refractivity contribution >= 4 is 28.3 Å². The van der Waals surface area contributed by atoms with Gasteiger partial charge in [0, 0.05) is 38.6 Å². The van der Waals surface area contributed by atoms with Gasteiger partial charge >= 0.3 is 0 Å². The van der Waals surface area contributed by atoms with E-state index in [0.29, 0.717) is 10.6 Å². The molecule has 1 aliphatic carbocycles. The molecule has 0 unspecified atom stereocenters. The van der Waals surface area contributed by atoms with Crippen molar-refractivity contribution in [2.45, 2.75) is 36.7 Å². The summed E-state index contributed by atoms with van der Waals surface area (Å²) >= 11 is 6.32. The first kappa shape index (κ1) is 17.2. The van der Waals surface area contributed by atoms with Gasteiger partial charge in [0.2, 0.25) is 0 Å². The van der Waals surface area contributed by atoms with E-state index in [1.165, 1.54) is 0 Å². The molecule has 1 saturated carbocycles. The molecule has 0 bridgehead atoms. The van der Waals surface area contributed by atoms with Crippen molar-refractivity contribution in [2.24, 2.45) is 0 Å². The Morgan fingerprint density at radius 3 is 2.33 bits per heavy atom. The molecule has 3 rings (SSSR count). The molecule has 0 saturated heterocycles. The normalized spacial score (nSPS) is 16.5. The Morgan fingerprint density at radius 1 is 1.17 bits per heavy atom. The van der Waals surface area contributed by atoms with Gasteiger partial charge in [-0.3, -0.25) is 9.00 Å². The summed E-state index contributed by atoms with van der Waals surface area (Å²) in [5, 5.41) is 0.681. The molecule has 2 atom stereocenters. The zero-order chi connectivity index (χ0) is 17.3. The summed E-state index contributed by atoms with van der Waals surface area (Å²) in [7, 11) is -1.04. The largest absolute Gasteiger partial charge is 0.329 e. The lowest BCUT2D eigenvalue weighted by molar-refractivity contribution is 0.0674. The highest BCUT2D eigenvalue weighted by molar-refractivity contribution is 7.84. The maximum Gasteiger partial charge on any atom is 0.254 e. The Kier molecular flexibility index (Phi) is 5.07. The van der Waals surface area contributed by atoms with E-state index in [1.807, 2.05) is 36.1 Å². The van der Waals surface area contributed by atoms with Crippen molar-refractivity contribution < 1.29 is 9.00 Å². The maximum absolute atomic E-state index is 13.0. The third kappa shape index (κ3) is 3.55. The number of hydrogen-bond acceptors (Lipinski definition) is 2. The van der Waals surface area contributed by atoms with Crippen LogP contribution in [0.3, 0.4) is 0 Å². The van der Waals surface area contributed by atoms with Crippen molar-refractivity contribution in [2.75, 3.05) is 6.26 Å². The van der Waals surface area contributed by atoms with Crippen LogP contribution in [-0.4, -0.2) is 27.3 Å². The molecule has 0 aliphatic heterocycles. The molecule has 2 aromatic carbocycles. The third-order valence-corrected chi connectivity index (χ3v) is 5.66. The average molecular weight is 362 g/mol. The van der Waals surface area contributed by atoms with Crippen LogP contribution in [0.2, 0.25) is 5.02 Å². The summed E-state index contributed by atoms with van der Waals surface area (Å²) in [4.78, 5) is 15.7. The molecule has 1 fully saturated rings. The number of nitrogens with zero attached hydrogens (tertiary/aromatic N) is 1. The van der Waals surface area contributed by atoms with Gasteiger partial charge in [0.05, 0.1) is 6.04 Å². The molecule has 0 heterocycles. The zero-order valence-corrected chi connectivity index (χ0v) is 15.3. The summed E-state index contributed by atoms with van der Waals surface area (Å²) in [6.07, 6.45) is 3.68. The number of benzene rings is 2. The lowest BCUT2D eigenvalue weighted by Crippen LogP contribution is -2.35. The monoisotopic (exact) mass is 361 g/mol. The van der Waals surface area contributed by atoms with Crippen LogP contribution in [0.15, 0.2) is 53.4 Å². The number of amides is 1. The van der Waals surface area contributed by atoms with Crippen molar-refractivity contribution in [1.29, 1.82) is 0 Å². The fourth-order valence-corrected chi connectivity index (χ4v) is 3.73. The highest BCUT2D eigenvalue weighted by Gasteiger charge is 2.37. The van der Waals surface area contributed by atoms with Crippen LogP contribution in [0.25, 0.3) is 0 Å². The third-order valence-electron chi connectivity index (χ3n) is 4.38. The fourth-order valence-electron chi connectivity index (χ4n) is 2.91. The van der Waals surface area contributed by atoms with Gasteiger partial charge in [-0.2, -0.15) is 0 Å². The van der Waals surface area contributed by atoms with E-state index in [9.17, 15) is 9.00 Å². The Hall–Kier alpha value is -1.65. The zero-order valence-electron chi connectivity index (χ0n) is 13.7. The summed E-state index contributed by atoms with van der Waals surface area (Å²) in [5.41, 5.74) is 1.58. The van der Waals surface area contributed by atoms with Crippen molar-refractivity contribution in [3.8, 4) is 0 Å². The Bertz CT molecular complexity index is 771. The van der Waals surface area contributed by atoms with Crippen molar-refractivity contribution in [3.63, 3.8) is 0 Å². The van der Waals surface area contributed by atoms with Crippen molar-refractivity contribution in [3.05, 3.63) is 64.7 Å². The molecule has 126 valence electrons. The number of carbonyl (C=O) groups excluding carboxylic acids is 1. The van der Waals surface area contributed by atoms with Gasteiger partial charge in [0.15, 0.2) is 0 Å². The average Bonchev–Trinajstić information content (AvgIpc) is 3.40. The highest BCUT2D eigenvalue weighted by atomic mass is 35.5. The van der Waals surface area contributed by atoms with Gasteiger partial charge in [-0.15, -0.1) is 0 Å². The van der Waals surface area contributed by atoms with Gasteiger partial charge < -0.3 is 4.90 Å². The van der Waals surface area contributed by atoms with E-state index >= 15 is 0 Å². The molecule has 0 radical (unpaired) electrons. The van der Waals surface area contributed by atoms with Gasteiger partial charge in [-0.05, 0) is 55.7 Å². The molecule has 2 aromatic rings. The summed E-state index contributed by atoms with van der Waals surface area (Å²) in [6, 6.07) is 14.9. The molecule has 5 heteroatoms. The first-order chi connectivity index (χ1) is 11.5. The smallest absolute Gasteiger partial charge is 0.254 e. The minimum Gasteiger partial charge on any atom is -0.329 e. The topological polar surface area (TPSA) is 37.4 Å². The summed E-state index contributed by atoms with van der Waals surface area (Å²) in [6.45, 7) is 2.02. The Morgan fingerprint density at radius 2 is 1.79 bits per heavy atom. The van der Waals surface area contributed by atoms with Crippen LogP contribution in [-0.2, 0) is 10.8 Å². The predicted molar refractivity (Wildman–Crippen MR) is 97.8 cm³/mol. The first-order valence-corrected chi connectivity index (χ1v) is 9.93. The van der Waals surface area contributed by atoms with Crippen LogP contribution in [0.5, 0.6) is 0 Å². The first-order valence-electron chi connectivity index (χ1n) is 7.99. The molecule has 1 aliphatic rings. The molecule has 0 spiro atoms. The summed E-state index contributed by atoms with van der Waals surface area (Å²) in [5.74, 6) is -0.00152. The van der Waals surface area contributed by atoms with E-state index in [-0.39, 0.29) is 18.0 Å². The lowest BCUT2D eigenvalue weighted by atomic mass is 10.0. The van der Waals surface area contributed by atoms with Gasteiger partial charge in [0.25, 0.3) is 5.91 Å². The Balaban J connectivity index is 1.89. The van der Waals surface area contributed by atoms with E-state index in [1.54, 1.807) is 30.5 Å². The van der Waals surface area contributed by atoms with Crippen LogP contribution >= 0.6 is 11.6 Å². The second-order valence-corrected chi connectivity index (χ2v) is 7.91. The quantitative estimate of drug-likeness (QED) is 0.789. The van der Waals surface area contributed by atoms with E-state index in [4.69, 9.17) is 11.6 Å². The molecule has 0 N–H and O–H groups in total. The van der Waals surface area contributed by atoms with Gasteiger partial charge in [-0.1, -0.05) is 29.8 Å².